The molecule has 1 heterocycles. The van der Waals surface area contributed by atoms with Crippen LogP contribution in [0, 0.1) is 11.8 Å². The van der Waals surface area contributed by atoms with Crippen molar-refractivity contribution in [3.05, 3.63) is 42.5 Å². The normalized spacial score (nSPS) is 32.6. The molecule has 0 bridgehead atoms. The van der Waals surface area contributed by atoms with E-state index in [4.69, 9.17) is 13.9 Å². The zero-order valence-corrected chi connectivity index (χ0v) is 18.0. The second-order valence-corrected chi connectivity index (χ2v) is 14.2. The molecule has 1 aromatic rings. The Labute approximate surface area is 166 Å². The van der Waals surface area contributed by atoms with Crippen molar-refractivity contribution >= 4 is 25.9 Å². The van der Waals surface area contributed by atoms with Gasteiger partial charge >= 0.3 is 0 Å². The van der Waals surface area contributed by atoms with Crippen molar-refractivity contribution in [2.45, 2.75) is 54.5 Å². The number of carbonyl (C=O) groups is 1. The second kappa shape index (κ2) is 7.48. The van der Waals surface area contributed by atoms with Crippen LogP contribution in [0.25, 0.3) is 0 Å². The minimum Gasteiger partial charge on any atom is -0.411 e. The van der Waals surface area contributed by atoms with E-state index in [0.29, 0.717) is 19.6 Å². The summed E-state index contributed by atoms with van der Waals surface area (Å²) in [7, 11) is -1.77. The highest BCUT2D eigenvalue weighted by Crippen LogP contribution is 2.52. The predicted molar refractivity (Wildman–Crippen MR) is 109 cm³/mol. The molecule has 4 rings (SSSR count). The van der Waals surface area contributed by atoms with Gasteiger partial charge in [-0.05, 0) is 38.2 Å². The lowest BCUT2D eigenvalue weighted by atomic mass is 9.67. The number of thioether (sulfide) groups is 1. The first-order chi connectivity index (χ1) is 12.9. The predicted octanol–water partition coefficient (Wildman–Crippen LogP) is 4.28. The Bertz CT molecular complexity index is 709. The first kappa shape index (κ1) is 19.4. The fraction of sp³-hybridized carbons (Fsp3) is 0.571. The van der Waals surface area contributed by atoms with Crippen LogP contribution in [0.1, 0.15) is 12.8 Å². The zero-order valence-electron chi connectivity index (χ0n) is 16.2. The summed E-state index contributed by atoms with van der Waals surface area (Å²) in [6, 6.07) is 10.2. The topological polar surface area (TPSA) is 44.8 Å². The van der Waals surface area contributed by atoms with Gasteiger partial charge in [0.05, 0.1) is 30.5 Å². The molecular formula is C21H28O4SSi. The van der Waals surface area contributed by atoms with Gasteiger partial charge in [0.25, 0.3) is 0 Å². The van der Waals surface area contributed by atoms with Crippen LogP contribution < -0.4 is 0 Å². The van der Waals surface area contributed by atoms with Gasteiger partial charge in [-0.25, -0.2) is 0 Å². The van der Waals surface area contributed by atoms with Crippen LogP contribution >= 0.6 is 11.8 Å². The van der Waals surface area contributed by atoms with Crippen molar-refractivity contribution < 1.29 is 18.7 Å². The molecule has 3 aliphatic rings. The van der Waals surface area contributed by atoms with Crippen LogP contribution in [0.15, 0.2) is 47.4 Å². The van der Waals surface area contributed by atoms with Gasteiger partial charge in [-0.15, -0.1) is 11.8 Å². The van der Waals surface area contributed by atoms with Crippen molar-refractivity contribution in [1.82, 2.24) is 0 Å². The second-order valence-electron chi connectivity index (χ2n) is 8.50. The maximum absolute atomic E-state index is 13.2. The van der Waals surface area contributed by atoms with E-state index in [9.17, 15) is 4.79 Å². The summed E-state index contributed by atoms with van der Waals surface area (Å²) in [5.74, 6) is -0.586. The van der Waals surface area contributed by atoms with Crippen molar-refractivity contribution in [1.29, 1.82) is 0 Å². The molecule has 1 spiro atoms. The molecule has 1 aromatic carbocycles. The van der Waals surface area contributed by atoms with Crippen molar-refractivity contribution in [3.63, 3.8) is 0 Å². The fourth-order valence-electron chi connectivity index (χ4n) is 4.53. The van der Waals surface area contributed by atoms with E-state index in [2.05, 4.69) is 43.9 Å². The van der Waals surface area contributed by atoms with E-state index in [1.807, 2.05) is 18.2 Å². The smallest absolute Gasteiger partial charge is 0.185 e. The quantitative estimate of drug-likeness (QED) is 0.554. The minimum absolute atomic E-state index is 0.00816. The van der Waals surface area contributed by atoms with E-state index in [1.54, 1.807) is 11.8 Å². The van der Waals surface area contributed by atoms with Crippen molar-refractivity contribution in [2.75, 3.05) is 13.2 Å². The van der Waals surface area contributed by atoms with Gasteiger partial charge in [-0.1, -0.05) is 30.4 Å². The highest BCUT2D eigenvalue weighted by Gasteiger charge is 2.61. The average molecular weight is 405 g/mol. The number of fused-ring (bicyclic) bond motifs is 2. The van der Waals surface area contributed by atoms with Gasteiger partial charge in [0, 0.05) is 17.2 Å². The van der Waals surface area contributed by atoms with E-state index >= 15 is 0 Å². The molecule has 2 aliphatic carbocycles. The van der Waals surface area contributed by atoms with Crippen LogP contribution in [0.4, 0.5) is 0 Å². The summed E-state index contributed by atoms with van der Waals surface area (Å²) in [6.07, 6.45) is 5.34. The molecule has 0 radical (unpaired) electrons. The molecule has 1 saturated heterocycles. The Morgan fingerprint density at radius 1 is 1.15 bits per heavy atom. The Morgan fingerprint density at radius 2 is 1.85 bits per heavy atom. The first-order valence-electron chi connectivity index (χ1n) is 9.76. The van der Waals surface area contributed by atoms with E-state index in [0.717, 1.165) is 11.3 Å². The molecule has 0 aromatic heterocycles. The Morgan fingerprint density at radius 3 is 2.52 bits per heavy atom. The molecular weight excluding hydrogens is 376 g/mol. The van der Waals surface area contributed by atoms with Gasteiger partial charge in [0.2, 0.25) is 0 Å². The summed E-state index contributed by atoms with van der Waals surface area (Å²) in [5.41, 5.74) is 0. The largest absolute Gasteiger partial charge is 0.411 e. The lowest BCUT2D eigenvalue weighted by Crippen LogP contribution is -2.61. The van der Waals surface area contributed by atoms with Gasteiger partial charge in [0.1, 0.15) is 5.78 Å². The van der Waals surface area contributed by atoms with Crippen molar-refractivity contribution in [3.8, 4) is 0 Å². The minimum atomic E-state index is -1.77. The third kappa shape index (κ3) is 3.83. The van der Waals surface area contributed by atoms with Gasteiger partial charge < -0.3 is 13.9 Å². The third-order valence-corrected chi connectivity index (χ3v) is 7.78. The van der Waals surface area contributed by atoms with Gasteiger partial charge in [-0.3, -0.25) is 4.79 Å². The lowest BCUT2D eigenvalue weighted by molar-refractivity contribution is -0.224. The number of rotatable bonds is 4. The van der Waals surface area contributed by atoms with E-state index in [-0.39, 0.29) is 29.0 Å². The highest BCUT2D eigenvalue weighted by molar-refractivity contribution is 8.00. The number of ketones is 1. The number of hydrogen-bond acceptors (Lipinski definition) is 5. The lowest BCUT2D eigenvalue weighted by Gasteiger charge is -2.51. The molecule has 0 N–H and O–H groups in total. The number of ether oxygens (including phenoxy) is 2. The van der Waals surface area contributed by atoms with Crippen LogP contribution in [0.5, 0.6) is 0 Å². The average Bonchev–Trinajstić information content (AvgIpc) is 3.10. The van der Waals surface area contributed by atoms with Crippen LogP contribution in [-0.4, -0.2) is 44.5 Å². The summed E-state index contributed by atoms with van der Waals surface area (Å²) in [4.78, 5) is 14.4. The highest BCUT2D eigenvalue weighted by atomic mass is 32.2. The Kier molecular flexibility index (Phi) is 5.38. The number of carbonyl (C=O) groups excluding carboxylic acids is 1. The Hall–Kier alpha value is -0.923. The number of hydrogen-bond donors (Lipinski definition) is 0. The number of allylic oxidation sites excluding steroid dienone is 1. The summed E-state index contributed by atoms with van der Waals surface area (Å²) >= 11 is 1.71. The Balaban J connectivity index is 1.65. The molecule has 4 nitrogen and oxygen atoms in total. The monoisotopic (exact) mass is 404 g/mol. The van der Waals surface area contributed by atoms with Gasteiger partial charge in [0.15, 0.2) is 14.1 Å². The summed E-state index contributed by atoms with van der Waals surface area (Å²) < 4.78 is 19.0. The molecule has 146 valence electrons. The molecule has 0 amide bonds. The SMILES string of the molecule is C[Si](C)(C)O[C@@H]1C=CC[C@H]2[C@@H]1C(=O)C[C@H](Sc1ccccc1)C21OCCO1. The van der Waals surface area contributed by atoms with E-state index in [1.165, 1.54) is 0 Å². The maximum atomic E-state index is 13.2. The van der Waals surface area contributed by atoms with Crippen molar-refractivity contribution in [2.24, 2.45) is 11.8 Å². The third-order valence-electron chi connectivity index (χ3n) is 5.48. The van der Waals surface area contributed by atoms with Crippen LogP contribution in [0.2, 0.25) is 19.6 Å². The molecule has 1 aliphatic heterocycles. The fourth-order valence-corrected chi connectivity index (χ4v) is 6.94. The zero-order chi connectivity index (χ0) is 19.1. The standard InChI is InChI=1S/C21H28O4SSi/c1-27(2,3)25-18-11-7-10-16-20(18)17(22)14-19(21(16)23-12-13-24-21)26-15-8-5-4-6-9-15/h4-9,11,16,18-20H,10,12-14H2,1-3H3/t16-,18+,19-,20+/m0/s1. The van der Waals surface area contributed by atoms with Crippen LogP contribution in [-0.2, 0) is 18.7 Å². The van der Waals surface area contributed by atoms with Gasteiger partial charge in [-0.2, -0.15) is 0 Å². The molecule has 27 heavy (non-hydrogen) atoms. The first-order valence-corrected chi connectivity index (χ1v) is 14.0. The molecule has 6 heteroatoms. The summed E-state index contributed by atoms with van der Waals surface area (Å²) in [6.45, 7) is 7.69. The van der Waals surface area contributed by atoms with Crippen LogP contribution in [0.3, 0.4) is 0 Å². The molecule has 0 unspecified atom stereocenters. The molecule has 1 saturated carbocycles. The molecule has 4 atom stereocenters. The molecule has 2 fully saturated rings. The maximum Gasteiger partial charge on any atom is 0.185 e. The van der Waals surface area contributed by atoms with E-state index < -0.39 is 14.1 Å². The number of benzene rings is 1. The summed E-state index contributed by atoms with van der Waals surface area (Å²) in [5, 5.41) is -0.0322. The number of Topliss-reactive ketones (excluding diaryl/α,β-unsaturated/α-hetero) is 1.